The van der Waals surface area contributed by atoms with E-state index < -0.39 is 23.8 Å². The topological polar surface area (TPSA) is 87.7 Å². The average molecular weight is 526 g/mol. The van der Waals surface area contributed by atoms with E-state index in [1.807, 2.05) is 38.1 Å². The van der Waals surface area contributed by atoms with Gasteiger partial charge in [0, 0.05) is 12.1 Å². The first-order chi connectivity index (χ1) is 17.9. The normalized spacial score (nSPS) is 21.2. The Hall–Kier alpha value is -2.83. The van der Waals surface area contributed by atoms with Gasteiger partial charge in [-0.25, -0.2) is 4.79 Å². The summed E-state index contributed by atoms with van der Waals surface area (Å²) in [5.74, 6) is 0.0153. The molecule has 1 aromatic carbocycles. The van der Waals surface area contributed by atoms with E-state index in [4.69, 9.17) is 4.74 Å². The van der Waals surface area contributed by atoms with Crippen LogP contribution in [0.25, 0.3) is 6.08 Å². The van der Waals surface area contributed by atoms with Crippen molar-refractivity contribution >= 4 is 24.0 Å². The van der Waals surface area contributed by atoms with Gasteiger partial charge in [-0.15, -0.1) is 0 Å². The van der Waals surface area contributed by atoms with Crippen LogP contribution in [-0.4, -0.2) is 46.5 Å². The summed E-state index contributed by atoms with van der Waals surface area (Å²) >= 11 is 0. The molecule has 0 heterocycles. The second-order valence-corrected chi connectivity index (χ2v) is 12.5. The number of nitrogens with zero attached hydrogens (tertiary/aromatic N) is 1. The van der Waals surface area contributed by atoms with Gasteiger partial charge in [-0.05, 0) is 75.5 Å². The van der Waals surface area contributed by atoms with Crippen LogP contribution < -0.4 is 10.6 Å². The summed E-state index contributed by atoms with van der Waals surface area (Å²) in [4.78, 5) is 42.8. The third-order valence-electron chi connectivity index (χ3n) is 7.32. The van der Waals surface area contributed by atoms with Crippen LogP contribution in [-0.2, 0) is 14.3 Å². The van der Waals surface area contributed by atoms with E-state index in [9.17, 15) is 14.4 Å². The van der Waals surface area contributed by atoms with Gasteiger partial charge in [-0.3, -0.25) is 9.59 Å². The number of hydrogen-bond donors (Lipinski definition) is 2. The quantitative estimate of drug-likeness (QED) is 0.392. The molecule has 3 amide bonds. The maximum atomic E-state index is 14.3. The number of hydrogen-bond acceptors (Lipinski definition) is 4. The molecule has 0 radical (unpaired) electrons. The van der Waals surface area contributed by atoms with Gasteiger partial charge in [0.2, 0.25) is 11.8 Å². The monoisotopic (exact) mass is 525 g/mol. The summed E-state index contributed by atoms with van der Waals surface area (Å²) < 4.78 is 5.49. The van der Waals surface area contributed by atoms with Crippen molar-refractivity contribution in [3.05, 3.63) is 42.0 Å². The zero-order chi connectivity index (χ0) is 28.0. The maximum absolute atomic E-state index is 14.3. The van der Waals surface area contributed by atoms with Crippen molar-refractivity contribution in [1.82, 2.24) is 15.5 Å². The molecule has 2 aliphatic rings. The lowest BCUT2D eigenvalue weighted by Crippen LogP contribution is -2.55. The molecule has 2 aliphatic carbocycles. The highest BCUT2D eigenvalue weighted by Crippen LogP contribution is 2.41. The van der Waals surface area contributed by atoms with Crippen molar-refractivity contribution < 1.29 is 19.1 Å². The van der Waals surface area contributed by atoms with E-state index in [0.717, 1.165) is 43.2 Å². The summed E-state index contributed by atoms with van der Waals surface area (Å²) in [6, 6.07) is 6.11. The van der Waals surface area contributed by atoms with E-state index in [1.54, 1.807) is 31.7 Å². The number of alkyl carbamates (subject to hydrolysis) is 1. The lowest BCUT2D eigenvalue weighted by atomic mass is 9.94. The molecule has 2 fully saturated rings. The smallest absolute Gasteiger partial charge is 0.408 e. The fourth-order valence-corrected chi connectivity index (χ4v) is 5.32. The van der Waals surface area contributed by atoms with Crippen molar-refractivity contribution in [3.63, 3.8) is 0 Å². The number of nitrogens with one attached hydrogen (secondary N) is 2. The SMILES string of the molecule is C=Cc1cccc(C(C(=O)NC2CCCCC2)N(C(=O)C(CC(C)C)NC(=O)OC(C)(C)C)C2CC2C)c1. The van der Waals surface area contributed by atoms with Crippen molar-refractivity contribution in [2.24, 2.45) is 11.8 Å². The van der Waals surface area contributed by atoms with Crippen LogP contribution in [0, 0.1) is 11.8 Å². The molecule has 2 saturated carbocycles. The van der Waals surface area contributed by atoms with Crippen molar-refractivity contribution in [1.29, 1.82) is 0 Å². The van der Waals surface area contributed by atoms with Crippen molar-refractivity contribution in [2.75, 3.05) is 0 Å². The van der Waals surface area contributed by atoms with E-state index >= 15 is 0 Å². The average Bonchev–Trinajstić information content (AvgIpc) is 3.56. The van der Waals surface area contributed by atoms with Crippen LogP contribution in [0.15, 0.2) is 30.8 Å². The molecular weight excluding hydrogens is 478 g/mol. The van der Waals surface area contributed by atoms with Crippen LogP contribution in [0.5, 0.6) is 0 Å². The Labute approximate surface area is 228 Å². The van der Waals surface area contributed by atoms with Crippen LogP contribution in [0.1, 0.15) is 104 Å². The zero-order valence-electron chi connectivity index (χ0n) is 24.1. The third-order valence-corrected chi connectivity index (χ3v) is 7.32. The Morgan fingerprint density at radius 3 is 2.37 bits per heavy atom. The summed E-state index contributed by atoms with van der Waals surface area (Å²) in [7, 11) is 0. The molecule has 7 nitrogen and oxygen atoms in total. The van der Waals surface area contributed by atoms with Gasteiger partial charge >= 0.3 is 6.09 Å². The van der Waals surface area contributed by atoms with Crippen molar-refractivity contribution in [2.45, 2.75) is 116 Å². The second-order valence-electron chi connectivity index (χ2n) is 12.5. The van der Waals surface area contributed by atoms with Gasteiger partial charge < -0.3 is 20.3 Å². The molecule has 0 bridgehead atoms. The molecule has 0 saturated heterocycles. The fourth-order valence-electron chi connectivity index (χ4n) is 5.32. The Morgan fingerprint density at radius 2 is 1.82 bits per heavy atom. The molecule has 0 aliphatic heterocycles. The number of ether oxygens (including phenoxy) is 1. The maximum Gasteiger partial charge on any atom is 0.408 e. The molecule has 0 spiro atoms. The Kier molecular flexibility index (Phi) is 10.0. The summed E-state index contributed by atoms with van der Waals surface area (Å²) in [6.45, 7) is 15.4. The number of carbonyl (C=O) groups is 3. The summed E-state index contributed by atoms with van der Waals surface area (Å²) in [5, 5.41) is 6.10. The minimum absolute atomic E-state index is 0.0768. The van der Waals surface area contributed by atoms with Gasteiger partial charge in [0.25, 0.3) is 0 Å². The van der Waals surface area contributed by atoms with E-state index in [0.29, 0.717) is 6.42 Å². The molecular formula is C31H47N3O4. The molecule has 3 rings (SSSR count). The highest BCUT2D eigenvalue weighted by molar-refractivity contribution is 5.93. The minimum Gasteiger partial charge on any atom is -0.444 e. The lowest BCUT2D eigenvalue weighted by Gasteiger charge is -2.36. The highest BCUT2D eigenvalue weighted by atomic mass is 16.6. The fraction of sp³-hybridized carbons (Fsp3) is 0.645. The Balaban J connectivity index is 1.99. The van der Waals surface area contributed by atoms with Gasteiger partial charge in [0.15, 0.2) is 0 Å². The number of carbonyl (C=O) groups excluding carboxylic acids is 3. The zero-order valence-corrected chi connectivity index (χ0v) is 24.1. The van der Waals surface area contributed by atoms with E-state index in [-0.39, 0.29) is 35.7 Å². The van der Waals surface area contributed by atoms with E-state index in [2.05, 4.69) is 24.1 Å². The minimum atomic E-state index is -0.801. The first kappa shape index (κ1) is 29.7. The second kappa shape index (κ2) is 12.8. The third kappa shape index (κ3) is 8.34. The lowest BCUT2D eigenvalue weighted by molar-refractivity contribution is -0.144. The molecule has 2 N–H and O–H groups in total. The van der Waals surface area contributed by atoms with Gasteiger partial charge in [0.05, 0.1) is 0 Å². The summed E-state index contributed by atoms with van der Waals surface area (Å²) in [6.07, 6.45) is 7.67. The standard InChI is InChI=1S/C31H47N3O4/c1-8-22-13-12-14-23(19-22)27(28(35)32-24-15-10-9-11-16-24)34(26-18-21(26)4)29(36)25(17-20(2)3)33-30(37)38-31(5,6)7/h8,12-14,19-21,24-27H,1,9-11,15-18H2,2-7H3,(H,32,35)(H,33,37). The Bertz CT molecular complexity index is 993. The largest absolute Gasteiger partial charge is 0.444 e. The first-order valence-corrected chi connectivity index (χ1v) is 14.2. The van der Waals surface area contributed by atoms with Crippen LogP contribution in [0.2, 0.25) is 0 Å². The van der Waals surface area contributed by atoms with Crippen molar-refractivity contribution in [3.8, 4) is 0 Å². The number of benzene rings is 1. The van der Waals surface area contributed by atoms with Crippen LogP contribution in [0.4, 0.5) is 4.79 Å². The molecule has 7 heteroatoms. The first-order valence-electron chi connectivity index (χ1n) is 14.2. The molecule has 4 unspecified atom stereocenters. The Morgan fingerprint density at radius 1 is 1.16 bits per heavy atom. The van der Waals surface area contributed by atoms with Crippen LogP contribution >= 0.6 is 0 Å². The van der Waals surface area contributed by atoms with Gasteiger partial charge in [-0.1, -0.05) is 70.9 Å². The molecule has 0 aromatic heterocycles. The molecule has 1 aromatic rings. The predicted octanol–water partition coefficient (Wildman–Crippen LogP) is 6.00. The predicted molar refractivity (Wildman–Crippen MR) is 151 cm³/mol. The number of amides is 3. The highest BCUT2D eigenvalue weighted by Gasteiger charge is 2.48. The molecule has 4 atom stereocenters. The van der Waals surface area contributed by atoms with Gasteiger partial charge in [-0.2, -0.15) is 0 Å². The molecule has 210 valence electrons. The van der Waals surface area contributed by atoms with Gasteiger partial charge in [0.1, 0.15) is 17.7 Å². The van der Waals surface area contributed by atoms with E-state index in [1.165, 1.54) is 6.42 Å². The van der Waals surface area contributed by atoms with Crippen LogP contribution in [0.3, 0.4) is 0 Å². The summed E-state index contributed by atoms with van der Waals surface area (Å²) in [5.41, 5.74) is 0.955. The molecule has 38 heavy (non-hydrogen) atoms. The number of rotatable bonds is 10.